The first-order valence-electron chi connectivity index (χ1n) is 5.69. The third-order valence-electron chi connectivity index (χ3n) is 3.22. The lowest BCUT2D eigenvalue weighted by atomic mass is 9.98. The molecule has 0 saturated carbocycles. The molecule has 0 bridgehead atoms. The molecule has 0 saturated heterocycles. The number of aliphatic hydroxyl groups is 1. The maximum atomic E-state index is 9.96. The van der Waals surface area contributed by atoms with Crippen LogP contribution in [0, 0.1) is 6.92 Å². The second-order valence-corrected chi connectivity index (χ2v) is 4.29. The normalized spacial score (nSPS) is 21.1. The molecule has 2 rings (SSSR count). The van der Waals surface area contributed by atoms with E-state index >= 15 is 0 Å². The molecule has 0 heterocycles. The molecule has 1 aliphatic carbocycles. The van der Waals surface area contributed by atoms with Gasteiger partial charge in [0.2, 0.25) is 0 Å². The number of allylic oxidation sites excluding steroid dienone is 1. The van der Waals surface area contributed by atoms with Crippen LogP contribution in [0.15, 0.2) is 29.8 Å². The van der Waals surface area contributed by atoms with Crippen molar-refractivity contribution < 1.29 is 5.11 Å². The van der Waals surface area contributed by atoms with Gasteiger partial charge in [-0.1, -0.05) is 42.3 Å². The molecule has 0 spiro atoms. The van der Waals surface area contributed by atoms with Crippen molar-refractivity contribution in [2.45, 2.75) is 39.2 Å². The van der Waals surface area contributed by atoms with Crippen LogP contribution in [0.25, 0.3) is 5.57 Å². The maximum Gasteiger partial charge on any atom is 0.0798 e. The van der Waals surface area contributed by atoms with Crippen molar-refractivity contribution in [3.63, 3.8) is 0 Å². The van der Waals surface area contributed by atoms with Crippen LogP contribution in [0.4, 0.5) is 0 Å². The molecule has 1 aromatic carbocycles. The highest BCUT2D eigenvalue weighted by molar-refractivity contribution is 5.73. The van der Waals surface area contributed by atoms with Crippen LogP contribution in [-0.4, -0.2) is 11.2 Å². The zero-order valence-corrected chi connectivity index (χ0v) is 9.46. The molecule has 1 unspecified atom stereocenters. The smallest absolute Gasteiger partial charge is 0.0798 e. The highest BCUT2D eigenvalue weighted by Crippen LogP contribution is 2.35. The summed E-state index contributed by atoms with van der Waals surface area (Å²) >= 11 is 0. The highest BCUT2D eigenvalue weighted by atomic mass is 16.3. The van der Waals surface area contributed by atoms with E-state index in [4.69, 9.17) is 0 Å². The average molecular weight is 202 g/mol. The molecule has 1 heteroatoms. The minimum absolute atomic E-state index is 0.248. The van der Waals surface area contributed by atoms with Gasteiger partial charge in [-0.2, -0.15) is 0 Å². The Balaban J connectivity index is 2.40. The maximum absolute atomic E-state index is 9.96. The summed E-state index contributed by atoms with van der Waals surface area (Å²) in [6.45, 7) is 4.26. The second-order valence-electron chi connectivity index (χ2n) is 4.29. The van der Waals surface area contributed by atoms with Crippen LogP contribution < -0.4 is 0 Å². The molecular formula is C14H18O. The van der Waals surface area contributed by atoms with E-state index in [1.165, 1.54) is 22.3 Å². The average Bonchev–Trinajstić information content (AvgIpc) is 2.61. The minimum Gasteiger partial charge on any atom is -0.388 e. The lowest BCUT2D eigenvalue weighted by Gasteiger charge is -2.10. The Morgan fingerprint density at radius 3 is 2.53 bits per heavy atom. The van der Waals surface area contributed by atoms with E-state index in [0.717, 1.165) is 19.3 Å². The Morgan fingerprint density at radius 1 is 1.27 bits per heavy atom. The van der Waals surface area contributed by atoms with Gasteiger partial charge >= 0.3 is 0 Å². The third-order valence-corrected chi connectivity index (χ3v) is 3.22. The van der Waals surface area contributed by atoms with E-state index in [1.807, 2.05) is 0 Å². The fourth-order valence-electron chi connectivity index (χ4n) is 2.32. The standard InChI is InChI=1S/C14H18O/c1-3-11-8-9-13(15)14(11)12-6-4-10(2)5-7-12/h4-7,13,15H,3,8-9H2,1-2H3. The molecule has 15 heavy (non-hydrogen) atoms. The van der Waals surface area contributed by atoms with Gasteiger partial charge in [0.05, 0.1) is 6.10 Å². The van der Waals surface area contributed by atoms with E-state index in [-0.39, 0.29) is 6.10 Å². The van der Waals surface area contributed by atoms with Gasteiger partial charge < -0.3 is 5.11 Å². The summed E-state index contributed by atoms with van der Waals surface area (Å²) in [7, 11) is 0. The lowest BCUT2D eigenvalue weighted by molar-refractivity contribution is 0.231. The van der Waals surface area contributed by atoms with Crippen LogP contribution in [0.1, 0.15) is 37.3 Å². The van der Waals surface area contributed by atoms with Crippen LogP contribution in [-0.2, 0) is 0 Å². The van der Waals surface area contributed by atoms with E-state index in [2.05, 4.69) is 38.1 Å². The predicted molar refractivity (Wildman–Crippen MR) is 63.6 cm³/mol. The van der Waals surface area contributed by atoms with Gasteiger partial charge in [0.1, 0.15) is 0 Å². The molecule has 0 aliphatic heterocycles. The van der Waals surface area contributed by atoms with Crippen LogP contribution >= 0.6 is 0 Å². The number of rotatable bonds is 2. The minimum atomic E-state index is -0.248. The van der Waals surface area contributed by atoms with Crippen molar-refractivity contribution in [3.8, 4) is 0 Å². The SMILES string of the molecule is CCC1=C(c2ccc(C)cc2)C(O)CC1. The number of benzene rings is 1. The van der Waals surface area contributed by atoms with Crippen molar-refractivity contribution in [1.82, 2.24) is 0 Å². The Labute approximate surface area is 91.4 Å². The molecule has 0 radical (unpaired) electrons. The van der Waals surface area contributed by atoms with Gasteiger partial charge in [-0.15, -0.1) is 0 Å². The summed E-state index contributed by atoms with van der Waals surface area (Å²) in [5, 5.41) is 9.96. The Hall–Kier alpha value is -1.08. The van der Waals surface area contributed by atoms with Gasteiger partial charge in [0.25, 0.3) is 0 Å². The molecule has 1 N–H and O–H groups in total. The van der Waals surface area contributed by atoms with Gasteiger partial charge in [-0.05, 0) is 37.3 Å². The van der Waals surface area contributed by atoms with Crippen molar-refractivity contribution >= 4 is 5.57 Å². The molecule has 1 atom stereocenters. The lowest BCUT2D eigenvalue weighted by Crippen LogP contribution is -2.03. The summed E-state index contributed by atoms with van der Waals surface area (Å²) < 4.78 is 0. The summed E-state index contributed by atoms with van der Waals surface area (Å²) in [6.07, 6.45) is 2.76. The van der Waals surface area contributed by atoms with Crippen molar-refractivity contribution in [2.24, 2.45) is 0 Å². The zero-order valence-electron chi connectivity index (χ0n) is 9.46. The van der Waals surface area contributed by atoms with Crippen molar-refractivity contribution in [2.75, 3.05) is 0 Å². The van der Waals surface area contributed by atoms with Crippen LogP contribution in [0.5, 0.6) is 0 Å². The van der Waals surface area contributed by atoms with E-state index in [0.29, 0.717) is 0 Å². The van der Waals surface area contributed by atoms with E-state index in [9.17, 15) is 5.11 Å². The van der Waals surface area contributed by atoms with Crippen LogP contribution in [0.2, 0.25) is 0 Å². The third kappa shape index (κ3) is 1.98. The Bertz CT molecular complexity index is 373. The monoisotopic (exact) mass is 202 g/mol. The first-order valence-corrected chi connectivity index (χ1v) is 5.69. The molecule has 80 valence electrons. The molecule has 1 nitrogen and oxygen atoms in total. The molecule has 0 aromatic heterocycles. The fraction of sp³-hybridized carbons (Fsp3) is 0.429. The second kappa shape index (κ2) is 4.19. The van der Waals surface area contributed by atoms with Crippen LogP contribution in [0.3, 0.4) is 0 Å². The molecule has 1 aromatic rings. The first kappa shape index (κ1) is 10.4. The quantitative estimate of drug-likeness (QED) is 0.780. The van der Waals surface area contributed by atoms with E-state index < -0.39 is 0 Å². The fourth-order valence-corrected chi connectivity index (χ4v) is 2.32. The van der Waals surface area contributed by atoms with E-state index in [1.54, 1.807) is 0 Å². The number of aryl methyl sites for hydroxylation is 1. The van der Waals surface area contributed by atoms with Gasteiger partial charge in [-0.3, -0.25) is 0 Å². The molecule has 0 fully saturated rings. The van der Waals surface area contributed by atoms with Crippen molar-refractivity contribution in [3.05, 3.63) is 41.0 Å². The predicted octanol–water partition coefficient (Wildman–Crippen LogP) is 3.31. The first-order chi connectivity index (χ1) is 7.22. The Morgan fingerprint density at radius 2 is 1.93 bits per heavy atom. The summed E-state index contributed by atoms with van der Waals surface area (Å²) in [5.41, 5.74) is 5.07. The molecular weight excluding hydrogens is 184 g/mol. The summed E-state index contributed by atoms with van der Waals surface area (Å²) in [4.78, 5) is 0. The molecule has 1 aliphatic rings. The van der Waals surface area contributed by atoms with Crippen molar-refractivity contribution in [1.29, 1.82) is 0 Å². The largest absolute Gasteiger partial charge is 0.388 e. The van der Waals surface area contributed by atoms with Gasteiger partial charge in [0.15, 0.2) is 0 Å². The van der Waals surface area contributed by atoms with Gasteiger partial charge in [0, 0.05) is 0 Å². The zero-order chi connectivity index (χ0) is 10.8. The number of hydrogen-bond donors (Lipinski definition) is 1. The molecule has 0 amide bonds. The summed E-state index contributed by atoms with van der Waals surface area (Å²) in [6, 6.07) is 8.46. The Kier molecular flexibility index (Phi) is 2.92. The van der Waals surface area contributed by atoms with Gasteiger partial charge in [-0.25, -0.2) is 0 Å². The summed E-state index contributed by atoms with van der Waals surface area (Å²) in [5.74, 6) is 0. The highest BCUT2D eigenvalue weighted by Gasteiger charge is 2.23. The number of aliphatic hydroxyl groups excluding tert-OH is 1. The number of hydrogen-bond acceptors (Lipinski definition) is 1. The topological polar surface area (TPSA) is 20.2 Å².